The van der Waals surface area contributed by atoms with Gasteiger partial charge in [-0.05, 0) is 31.0 Å². The average Bonchev–Trinajstić information content (AvgIpc) is 2.89. The van der Waals surface area contributed by atoms with Crippen molar-refractivity contribution in [3.8, 4) is 5.75 Å². The Morgan fingerprint density at radius 2 is 2.32 bits per heavy atom. The van der Waals surface area contributed by atoms with Crippen molar-refractivity contribution in [2.45, 2.75) is 19.9 Å². The number of nitrogens with zero attached hydrogens (tertiary/aromatic N) is 2. The van der Waals surface area contributed by atoms with Crippen LogP contribution >= 0.6 is 0 Å². The molecule has 0 aliphatic heterocycles. The molecule has 1 aromatic carbocycles. The highest BCUT2D eigenvalue weighted by Gasteiger charge is 2.06. The number of imidazole rings is 1. The number of carboxylic acids is 1. The first-order chi connectivity index (χ1) is 9.16. The third-order valence-electron chi connectivity index (χ3n) is 2.81. The third-order valence-corrected chi connectivity index (χ3v) is 2.81. The van der Waals surface area contributed by atoms with Crippen LogP contribution in [0.3, 0.4) is 0 Å². The van der Waals surface area contributed by atoms with E-state index in [2.05, 4.69) is 4.98 Å². The summed E-state index contributed by atoms with van der Waals surface area (Å²) >= 11 is 0. The lowest BCUT2D eigenvalue weighted by Gasteiger charge is -2.10. The summed E-state index contributed by atoms with van der Waals surface area (Å²) < 4.78 is 7.60. The van der Waals surface area contributed by atoms with Gasteiger partial charge in [-0.3, -0.25) is 0 Å². The summed E-state index contributed by atoms with van der Waals surface area (Å²) in [6.45, 7) is 3.27. The summed E-state index contributed by atoms with van der Waals surface area (Å²) in [6.07, 6.45) is 6.24. The molecular weight excluding hydrogens is 244 g/mol. The zero-order valence-electron chi connectivity index (χ0n) is 10.7. The maximum Gasteiger partial charge on any atom is 0.335 e. The molecule has 19 heavy (non-hydrogen) atoms. The summed E-state index contributed by atoms with van der Waals surface area (Å²) in [5.74, 6) is -0.311. The van der Waals surface area contributed by atoms with Gasteiger partial charge in [-0.2, -0.15) is 0 Å². The van der Waals surface area contributed by atoms with Crippen molar-refractivity contribution in [3.05, 3.63) is 48.0 Å². The van der Waals surface area contributed by atoms with E-state index in [9.17, 15) is 4.79 Å². The Kier molecular flexibility index (Phi) is 4.18. The van der Waals surface area contributed by atoms with Crippen molar-refractivity contribution >= 4 is 5.97 Å². The molecular formula is C14H16N2O3. The summed E-state index contributed by atoms with van der Waals surface area (Å²) in [5.41, 5.74) is 1.18. The number of aromatic carboxylic acids is 1. The second kappa shape index (κ2) is 6.04. The topological polar surface area (TPSA) is 64.3 Å². The Morgan fingerprint density at radius 1 is 1.47 bits per heavy atom. The molecule has 0 atom stereocenters. The highest BCUT2D eigenvalue weighted by atomic mass is 16.5. The van der Waals surface area contributed by atoms with Gasteiger partial charge in [0.05, 0.1) is 18.5 Å². The van der Waals surface area contributed by atoms with E-state index in [1.165, 1.54) is 0 Å². The summed E-state index contributed by atoms with van der Waals surface area (Å²) in [4.78, 5) is 14.8. The second-order valence-electron chi connectivity index (χ2n) is 4.29. The van der Waals surface area contributed by atoms with Gasteiger partial charge in [0.2, 0.25) is 0 Å². The van der Waals surface area contributed by atoms with Crippen LogP contribution in [0.15, 0.2) is 36.9 Å². The van der Waals surface area contributed by atoms with Gasteiger partial charge in [-0.25, -0.2) is 9.78 Å². The standard InChI is InChI=1S/C14H16N2O3/c1-11-3-4-12(14(17)18)9-13(11)19-8-2-6-16-7-5-15-10-16/h3-5,7,9-10H,2,6,8H2,1H3,(H,17,18). The first kappa shape index (κ1) is 13.1. The van der Waals surface area contributed by atoms with Crippen LogP contribution < -0.4 is 4.74 Å². The number of hydrogen-bond acceptors (Lipinski definition) is 3. The first-order valence-electron chi connectivity index (χ1n) is 6.09. The molecule has 0 aliphatic carbocycles. The van der Waals surface area contributed by atoms with Gasteiger partial charge < -0.3 is 14.4 Å². The Bertz CT molecular complexity index is 550. The Balaban J connectivity index is 1.88. The lowest BCUT2D eigenvalue weighted by atomic mass is 10.1. The number of rotatable bonds is 6. The van der Waals surface area contributed by atoms with Crippen LogP contribution in [0.2, 0.25) is 0 Å². The molecule has 1 aromatic heterocycles. The number of benzene rings is 1. The molecule has 100 valence electrons. The largest absolute Gasteiger partial charge is 0.493 e. The van der Waals surface area contributed by atoms with Gasteiger partial charge in [0.25, 0.3) is 0 Å². The second-order valence-corrected chi connectivity index (χ2v) is 4.29. The van der Waals surface area contributed by atoms with Gasteiger partial charge in [-0.1, -0.05) is 6.07 Å². The molecule has 2 rings (SSSR count). The highest BCUT2D eigenvalue weighted by Crippen LogP contribution is 2.19. The number of aromatic nitrogens is 2. The summed E-state index contributed by atoms with van der Waals surface area (Å²) in [6, 6.07) is 4.90. The number of hydrogen-bond donors (Lipinski definition) is 1. The Hall–Kier alpha value is -2.30. The molecule has 0 amide bonds. The van der Waals surface area contributed by atoms with Gasteiger partial charge in [-0.15, -0.1) is 0 Å². The molecule has 0 bridgehead atoms. The predicted octanol–water partition coefficient (Wildman–Crippen LogP) is 2.36. The lowest BCUT2D eigenvalue weighted by Crippen LogP contribution is -2.05. The minimum Gasteiger partial charge on any atom is -0.493 e. The molecule has 0 unspecified atom stereocenters. The van der Waals surface area contributed by atoms with Crippen molar-refractivity contribution < 1.29 is 14.6 Å². The first-order valence-corrected chi connectivity index (χ1v) is 6.09. The fraction of sp³-hybridized carbons (Fsp3) is 0.286. The molecule has 0 fully saturated rings. The molecule has 0 aliphatic rings. The minimum atomic E-state index is -0.941. The number of carbonyl (C=O) groups is 1. The zero-order chi connectivity index (χ0) is 13.7. The monoisotopic (exact) mass is 260 g/mol. The number of carboxylic acid groups (broad SMARTS) is 1. The van der Waals surface area contributed by atoms with Crippen LogP contribution in [-0.4, -0.2) is 27.2 Å². The zero-order valence-corrected chi connectivity index (χ0v) is 10.7. The molecule has 0 spiro atoms. The molecule has 2 aromatic rings. The quantitative estimate of drug-likeness (QED) is 0.810. The van der Waals surface area contributed by atoms with Crippen LogP contribution in [0, 0.1) is 6.92 Å². The SMILES string of the molecule is Cc1ccc(C(=O)O)cc1OCCCn1ccnc1. The molecule has 5 heteroatoms. The summed E-state index contributed by atoms with van der Waals surface area (Å²) in [5, 5.41) is 8.93. The van der Waals surface area contributed by atoms with E-state index < -0.39 is 5.97 Å². The maximum absolute atomic E-state index is 10.9. The van der Waals surface area contributed by atoms with E-state index in [0.717, 1.165) is 18.5 Å². The van der Waals surface area contributed by atoms with E-state index in [0.29, 0.717) is 12.4 Å². The Labute approximate surface area is 111 Å². The molecule has 0 saturated carbocycles. The fourth-order valence-electron chi connectivity index (χ4n) is 1.74. The van der Waals surface area contributed by atoms with E-state index >= 15 is 0 Å². The van der Waals surface area contributed by atoms with Crippen LogP contribution in [-0.2, 0) is 6.54 Å². The predicted molar refractivity (Wildman–Crippen MR) is 70.5 cm³/mol. The lowest BCUT2D eigenvalue weighted by molar-refractivity contribution is 0.0696. The molecule has 1 heterocycles. The van der Waals surface area contributed by atoms with Crippen LogP contribution in [0.4, 0.5) is 0 Å². The van der Waals surface area contributed by atoms with Gasteiger partial charge in [0, 0.05) is 18.9 Å². The highest BCUT2D eigenvalue weighted by molar-refractivity contribution is 5.88. The molecule has 0 saturated heterocycles. The van der Waals surface area contributed by atoms with Gasteiger partial charge >= 0.3 is 5.97 Å². The summed E-state index contributed by atoms with van der Waals surface area (Å²) in [7, 11) is 0. The van der Waals surface area contributed by atoms with E-state index in [1.807, 2.05) is 17.7 Å². The Morgan fingerprint density at radius 3 is 3.00 bits per heavy atom. The van der Waals surface area contributed by atoms with E-state index in [-0.39, 0.29) is 5.56 Å². The number of aryl methyl sites for hydroxylation is 2. The smallest absolute Gasteiger partial charge is 0.335 e. The van der Waals surface area contributed by atoms with Gasteiger partial charge in [0.15, 0.2) is 0 Å². The number of ether oxygens (including phenoxy) is 1. The molecule has 5 nitrogen and oxygen atoms in total. The van der Waals surface area contributed by atoms with Crippen molar-refractivity contribution in [1.29, 1.82) is 0 Å². The van der Waals surface area contributed by atoms with Crippen LogP contribution in [0.1, 0.15) is 22.3 Å². The fourth-order valence-corrected chi connectivity index (χ4v) is 1.74. The van der Waals surface area contributed by atoms with Crippen LogP contribution in [0.25, 0.3) is 0 Å². The van der Waals surface area contributed by atoms with Crippen molar-refractivity contribution in [2.24, 2.45) is 0 Å². The van der Waals surface area contributed by atoms with E-state index in [1.54, 1.807) is 30.7 Å². The minimum absolute atomic E-state index is 0.246. The van der Waals surface area contributed by atoms with Crippen LogP contribution in [0.5, 0.6) is 5.75 Å². The van der Waals surface area contributed by atoms with Crippen molar-refractivity contribution in [1.82, 2.24) is 9.55 Å². The van der Waals surface area contributed by atoms with Crippen molar-refractivity contribution in [3.63, 3.8) is 0 Å². The molecule has 1 N–H and O–H groups in total. The van der Waals surface area contributed by atoms with E-state index in [4.69, 9.17) is 9.84 Å². The van der Waals surface area contributed by atoms with Crippen molar-refractivity contribution in [2.75, 3.05) is 6.61 Å². The average molecular weight is 260 g/mol. The molecule has 0 radical (unpaired) electrons. The van der Waals surface area contributed by atoms with Gasteiger partial charge in [0.1, 0.15) is 5.75 Å². The maximum atomic E-state index is 10.9. The third kappa shape index (κ3) is 3.58. The normalized spacial score (nSPS) is 10.4.